The predicted octanol–water partition coefficient (Wildman–Crippen LogP) is 2.29. The number of hydrogen-bond acceptors (Lipinski definition) is 3. The highest BCUT2D eigenvalue weighted by Crippen LogP contribution is 2.19. The van der Waals surface area contributed by atoms with E-state index in [1.807, 2.05) is 45.0 Å². The highest BCUT2D eigenvalue weighted by Gasteiger charge is 2.11. The lowest BCUT2D eigenvalue weighted by Crippen LogP contribution is -2.33. The number of para-hydroxylation sites is 1. The summed E-state index contributed by atoms with van der Waals surface area (Å²) in [6.07, 6.45) is 1.48. The Morgan fingerprint density at radius 2 is 2.05 bits per heavy atom. The Labute approximate surface area is 121 Å². The number of aliphatic hydroxyl groups is 1. The number of ether oxygens (including phenoxy) is 1. The smallest absolute Gasteiger partial charge is 0.224 e. The molecule has 4 heteroatoms. The van der Waals surface area contributed by atoms with Crippen molar-refractivity contribution in [3.8, 4) is 5.75 Å². The van der Waals surface area contributed by atoms with E-state index in [4.69, 9.17) is 4.74 Å². The third kappa shape index (κ3) is 6.06. The van der Waals surface area contributed by atoms with E-state index < -0.39 is 6.10 Å². The molecule has 2 N–H and O–H groups in total. The zero-order chi connectivity index (χ0) is 15.0. The summed E-state index contributed by atoms with van der Waals surface area (Å²) in [6, 6.07) is 7.54. The summed E-state index contributed by atoms with van der Waals surface area (Å²) in [5.74, 6) is 0.645. The summed E-state index contributed by atoms with van der Waals surface area (Å²) in [7, 11) is 0. The summed E-state index contributed by atoms with van der Waals surface area (Å²) < 4.78 is 5.68. The summed E-state index contributed by atoms with van der Waals surface area (Å²) in [4.78, 5) is 11.9. The maximum Gasteiger partial charge on any atom is 0.224 e. The monoisotopic (exact) mass is 279 g/mol. The minimum Gasteiger partial charge on any atom is -0.491 e. The van der Waals surface area contributed by atoms with Crippen molar-refractivity contribution in [1.29, 1.82) is 0 Å². The van der Waals surface area contributed by atoms with Gasteiger partial charge >= 0.3 is 0 Å². The van der Waals surface area contributed by atoms with Crippen LogP contribution in [0.5, 0.6) is 5.75 Å². The number of amides is 1. The van der Waals surface area contributed by atoms with E-state index in [2.05, 4.69) is 5.32 Å². The second-order valence-corrected chi connectivity index (χ2v) is 5.20. The number of aliphatic hydroxyl groups excluding tert-OH is 1. The molecule has 4 nitrogen and oxygen atoms in total. The number of carbonyl (C=O) groups is 1. The average Bonchev–Trinajstić information content (AvgIpc) is 2.38. The highest BCUT2D eigenvalue weighted by molar-refractivity contribution is 5.79. The molecule has 1 atom stereocenters. The molecule has 0 heterocycles. The van der Waals surface area contributed by atoms with E-state index in [0.29, 0.717) is 13.0 Å². The van der Waals surface area contributed by atoms with Crippen LogP contribution in [0.4, 0.5) is 0 Å². The normalized spacial score (nSPS) is 12.2. The Bertz CT molecular complexity index is 418. The largest absolute Gasteiger partial charge is 0.491 e. The van der Waals surface area contributed by atoms with Crippen LogP contribution in [-0.2, 0) is 11.2 Å². The van der Waals surface area contributed by atoms with Crippen LogP contribution < -0.4 is 10.1 Å². The predicted molar refractivity (Wildman–Crippen MR) is 79.8 cm³/mol. The first kappa shape index (κ1) is 16.5. The number of carbonyl (C=O) groups excluding carboxylic acids is 1. The summed E-state index contributed by atoms with van der Waals surface area (Å²) in [5.41, 5.74) is 0.865. The zero-order valence-corrected chi connectivity index (χ0v) is 12.6. The lowest BCUT2D eigenvalue weighted by atomic mass is 10.1. The molecular formula is C16H25NO3. The molecule has 0 saturated carbocycles. The molecule has 0 radical (unpaired) electrons. The molecule has 1 rings (SSSR count). The van der Waals surface area contributed by atoms with Gasteiger partial charge in [-0.05, 0) is 26.3 Å². The van der Waals surface area contributed by atoms with E-state index in [9.17, 15) is 9.90 Å². The van der Waals surface area contributed by atoms with Crippen LogP contribution in [0.2, 0.25) is 0 Å². The lowest BCUT2D eigenvalue weighted by Gasteiger charge is -2.15. The Balaban J connectivity index is 2.53. The van der Waals surface area contributed by atoms with Crippen LogP contribution in [-0.4, -0.2) is 29.8 Å². The van der Waals surface area contributed by atoms with Crippen molar-refractivity contribution in [3.63, 3.8) is 0 Å². The molecule has 1 unspecified atom stereocenters. The van der Waals surface area contributed by atoms with E-state index >= 15 is 0 Å². The number of nitrogens with one attached hydrogen (secondary N) is 1. The SMILES string of the molecule is CCCC(O)CNC(=O)Cc1ccccc1OC(C)C. The fourth-order valence-corrected chi connectivity index (χ4v) is 1.92. The molecule has 20 heavy (non-hydrogen) atoms. The minimum atomic E-state index is -0.467. The molecule has 0 aliphatic heterocycles. The van der Waals surface area contributed by atoms with Crippen LogP contribution in [0.3, 0.4) is 0 Å². The maximum atomic E-state index is 11.9. The first-order valence-electron chi connectivity index (χ1n) is 7.22. The van der Waals surface area contributed by atoms with Gasteiger partial charge in [-0.25, -0.2) is 0 Å². The van der Waals surface area contributed by atoms with Crippen LogP contribution in [0.25, 0.3) is 0 Å². The van der Waals surface area contributed by atoms with Gasteiger partial charge in [0, 0.05) is 12.1 Å². The van der Waals surface area contributed by atoms with Crippen LogP contribution in [0, 0.1) is 0 Å². The van der Waals surface area contributed by atoms with Gasteiger partial charge in [-0.15, -0.1) is 0 Å². The Morgan fingerprint density at radius 3 is 2.70 bits per heavy atom. The molecule has 0 aliphatic rings. The lowest BCUT2D eigenvalue weighted by molar-refractivity contribution is -0.120. The van der Waals surface area contributed by atoms with Crippen molar-refractivity contribution < 1.29 is 14.6 Å². The zero-order valence-electron chi connectivity index (χ0n) is 12.6. The summed E-state index contributed by atoms with van der Waals surface area (Å²) in [5, 5.41) is 12.4. The topological polar surface area (TPSA) is 58.6 Å². The van der Waals surface area contributed by atoms with Crippen molar-refractivity contribution in [1.82, 2.24) is 5.32 Å². The third-order valence-electron chi connectivity index (χ3n) is 2.84. The Morgan fingerprint density at radius 1 is 1.35 bits per heavy atom. The number of hydrogen-bond donors (Lipinski definition) is 2. The molecule has 1 aromatic rings. The van der Waals surface area contributed by atoms with Gasteiger partial charge in [-0.1, -0.05) is 31.5 Å². The van der Waals surface area contributed by atoms with Crippen molar-refractivity contribution >= 4 is 5.91 Å². The molecule has 0 fully saturated rings. The van der Waals surface area contributed by atoms with E-state index in [1.54, 1.807) is 0 Å². The molecule has 0 saturated heterocycles. The second-order valence-electron chi connectivity index (χ2n) is 5.20. The molecule has 1 aromatic carbocycles. The molecule has 0 aromatic heterocycles. The van der Waals surface area contributed by atoms with Crippen molar-refractivity contribution in [2.24, 2.45) is 0 Å². The van der Waals surface area contributed by atoms with Gasteiger partial charge in [0.15, 0.2) is 0 Å². The molecule has 1 amide bonds. The number of rotatable bonds is 8. The summed E-state index contributed by atoms with van der Waals surface area (Å²) >= 11 is 0. The van der Waals surface area contributed by atoms with E-state index in [0.717, 1.165) is 17.7 Å². The quantitative estimate of drug-likeness (QED) is 0.767. The Kier molecular flexibility index (Phi) is 7.09. The third-order valence-corrected chi connectivity index (χ3v) is 2.84. The van der Waals surface area contributed by atoms with Gasteiger partial charge in [0.2, 0.25) is 5.91 Å². The van der Waals surface area contributed by atoms with Gasteiger partial charge < -0.3 is 15.2 Å². The molecule has 0 aliphatic carbocycles. The van der Waals surface area contributed by atoms with Gasteiger partial charge in [0.25, 0.3) is 0 Å². The van der Waals surface area contributed by atoms with Gasteiger partial charge in [0.1, 0.15) is 5.75 Å². The Hall–Kier alpha value is -1.55. The second kappa shape index (κ2) is 8.59. The van der Waals surface area contributed by atoms with Gasteiger partial charge in [-0.3, -0.25) is 4.79 Å². The van der Waals surface area contributed by atoms with Crippen LogP contribution >= 0.6 is 0 Å². The molecular weight excluding hydrogens is 254 g/mol. The maximum absolute atomic E-state index is 11.9. The van der Waals surface area contributed by atoms with Crippen LogP contribution in [0.1, 0.15) is 39.2 Å². The van der Waals surface area contributed by atoms with Crippen molar-refractivity contribution in [2.75, 3.05) is 6.54 Å². The first-order valence-corrected chi connectivity index (χ1v) is 7.22. The average molecular weight is 279 g/mol. The molecule has 0 spiro atoms. The first-order chi connectivity index (χ1) is 9.52. The fraction of sp³-hybridized carbons (Fsp3) is 0.562. The van der Waals surface area contributed by atoms with Crippen molar-refractivity contribution in [2.45, 2.75) is 52.2 Å². The minimum absolute atomic E-state index is 0.0746. The van der Waals surface area contributed by atoms with E-state index in [1.165, 1.54) is 0 Å². The van der Waals surface area contributed by atoms with Crippen molar-refractivity contribution in [3.05, 3.63) is 29.8 Å². The van der Waals surface area contributed by atoms with Crippen LogP contribution in [0.15, 0.2) is 24.3 Å². The van der Waals surface area contributed by atoms with Gasteiger partial charge in [-0.2, -0.15) is 0 Å². The fourth-order valence-electron chi connectivity index (χ4n) is 1.92. The standard InChI is InChI=1S/C16H25NO3/c1-4-7-14(18)11-17-16(19)10-13-8-5-6-9-15(13)20-12(2)3/h5-6,8-9,12,14,18H,4,7,10-11H2,1-3H3,(H,17,19). The van der Waals surface area contributed by atoms with E-state index in [-0.39, 0.29) is 18.4 Å². The summed E-state index contributed by atoms with van der Waals surface area (Å²) in [6.45, 7) is 6.22. The number of benzene rings is 1. The highest BCUT2D eigenvalue weighted by atomic mass is 16.5. The molecule has 112 valence electrons. The van der Waals surface area contributed by atoms with Gasteiger partial charge in [0.05, 0.1) is 18.6 Å². The molecule has 0 bridgehead atoms.